The highest BCUT2D eigenvalue weighted by Gasteiger charge is 2.22. The zero-order valence-corrected chi connectivity index (χ0v) is 16.2. The molecule has 0 radical (unpaired) electrons. The molecular weight excluding hydrogens is 389 g/mol. The van der Waals surface area contributed by atoms with Gasteiger partial charge in [-0.05, 0) is 36.2 Å². The molecule has 1 fully saturated rings. The van der Waals surface area contributed by atoms with E-state index in [0.717, 1.165) is 40.0 Å². The molecule has 4 aromatic rings. The fourth-order valence-corrected chi connectivity index (χ4v) is 4.42. The third-order valence-corrected chi connectivity index (χ3v) is 5.79. The van der Waals surface area contributed by atoms with Crippen LogP contribution in [0.3, 0.4) is 0 Å². The largest absolute Gasteiger partial charge is 0.438 e. The molecule has 29 heavy (non-hydrogen) atoms. The van der Waals surface area contributed by atoms with E-state index in [1.165, 1.54) is 29.8 Å². The highest BCUT2D eigenvalue weighted by molar-refractivity contribution is 7.17. The Hall–Kier alpha value is -3.32. The zero-order valence-electron chi connectivity index (χ0n) is 15.3. The van der Waals surface area contributed by atoms with Gasteiger partial charge < -0.3 is 9.64 Å². The summed E-state index contributed by atoms with van der Waals surface area (Å²) in [7, 11) is 0. The lowest BCUT2D eigenvalue weighted by Gasteiger charge is -2.16. The normalized spacial score (nSPS) is 14.0. The van der Waals surface area contributed by atoms with Gasteiger partial charge in [-0.25, -0.2) is 14.4 Å². The minimum atomic E-state index is -0.283. The van der Waals surface area contributed by atoms with Crippen LogP contribution in [0.25, 0.3) is 21.3 Å². The summed E-state index contributed by atoms with van der Waals surface area (Å²) < 4.78 is 19.4. The molecule has 1 saturated heterocycles. The second kappa shape index (κ2) is 7.25. The van der Waals surface area contributed by atoms with Crippen LogP contribution >= 0.6 is 11.3 Å². The summed E-state index contributed by atoms with van der Waals surface area (Å²) in [5, 5.41) is 2.76. The van der Waals surface area contributed by atoms with Crippen molar-refractivity contribution in [2.45, 2.75) is 12.8 Å². The molecule has 0 N–H and O–H groups in total. The molecule has 7 heteroatoms. The Kier molecular flexibility index (Phi) is 4.44. The summed E-state index contributed by atoms with van der Waals surface area (Å²) in [4.78, 5) is 23.3. The number of anilines is 1. The molecule has 0 bridgehead atoms. The van der Waals surface area contributed by atoms with E-state index in [-0.39, 0.29) is 11.7 Å². The first-order chi connectivity index (χ1) is 14.2. The Morgan fingerprint density at radius 1 is 1.10 bits per heavy atom. The van der Waals surface area contributed by atoms with Crippen LogP contribution in [0.4, 0.5) is 10.1 Å². The van der Waals surface area contributed by atoms with Crippen LogP contribution < -0.4 is 9.64 Å². The Morgan fingerprint density at radius 3 is 2.76 bits per heavy atom. The molecule has 0 unspecified atom stereocenters. The Labute approximate surface area is 170 Å². The van der Waals surface area contributed by atoms with Crippen LogP contribution in [0.2, 0.25) is 0 Å². The molecule has 0 aliphatic carbocycles. The average Bonchev–Trinajstić information content (AvgIpc) is 3.36. The van der Waals surface area contributed by atoms with Gasteiger partial charge in [-0.15, -0.1) is 11.3 Å². The standard InChI is InChI=1S/C22H16FN3O2S/c23-15-8-6-14(7-9-15)18-12-29-22-20(18)21(24-13-25-22)28-17-4-1-3-16(11-17)26-10-2-5-19(26)27/h1,3-4,6-9,11-13H,2,5,10H2. The van der Waals surface area contributed by atoms with Gasteiger partial charge in [0.1, 0.15) is 22.7 Å². The van der Waals surface area contributed by atoms with Gasteiger partial charge in [-0.2, -0.15) is 0 Å². The smallest absolute Gasteiger partial charge is 0.231 e. The average molecular weight is 405 g/mol. The van der Waals surface area contributed by atoms with Gasteiger partial charge in [-0.1, -0.05) is 18.2 Å². The molecule has 1 amide bonds. The number of aromatic nitrogens is 2. The Bertz CT molecular complexity index is 1210. The van der Waals surface area contributed by atoms with Crippen LogP contribution in [0.5, 0.6) is 11.6 Å². The lowest BCUT2D eigenvalue weighted by Crippen LogP contribution is -2.23. The second-order valence-electron chi connectivity index (χ2n) is 6.76. The molecule has 5 nitrogen and oxygen atoms in total. The van der Waals surface area contributed by atoms with Gasteiger partial charge in [0.25, 0.3) is 0 Å². The van der Waals surface area contributed by atoms with Crippen LogP contribution in [0, 0.1) is 5.82 Å². The number of carbonyl (C=O) groups is 1. The number of fused-ring (bicyclic) bond motifs is 1. The van der Waals surface area contributed by atoms with E-state index in [1.807, 2.05) is 29.6 Å². The molecule has 1 aliphatic rings. The molecule has 0 saturated carbocycles. The van der Waals surface area contributed by atoms with Gasteiger partial charge in [0.15, 0.2) is 0 Å². The number of halogens is 1. The van der Waals surface area contributed by atoms with Crippen LogP contribution in [0.15, 0.2) is 60.2 Å². The summed E-state index contributed by atoms with van der Waals surface area (Å²) in [6.07, 6.45) is 2.91. The maximum atomic E-state index is 13.3. The molecule has 2 aromatic heterocycles. The van der Waals surface area contributed by atoms with E-state index in [9.17, 15) is 9.18 Å². The summed E-state index contributed by atoms with van der Waals surface area (Å²) in [5.74, 6) is 0.872. The number of hydrogen-bond donors (Lipinski definition) is 0. The van der Waals surface area contributed by atoms with Crippen molar-refractivity contribution in [3.63, 3.8) is 0 Å². The third kappa shape index (κ3) is 3.34. The van der Waals surface area contributed by atoms with Crippen molar-refractivity contribution < 1.29 is 13.9 Å². The Morgan fingerprint density at radius 2 is 1.97 bits per heavy atom. The van der Waals surface area contributed by atoms with Gasteiger partial charge in [0.2, 0.25) is 11.8 Å². The van der Waals surface area contributed by atoms with E-state index >= 15 is 0 Å². The second-order valence-corrected chi connectivity index (χ2v) is 7.62. The van der Waals surface area contributed by atoms with Crippen molar-refractivity contribution >= 4 is 33.1 Å². The number of thiophene rings is 1. The van der Waals surface area contributed by atoms with E-state index in [0.29, 0.717) is 18.1 Å². The molecule has 144 valence electrons. The zero-order chi connectivity index (χ0) is 19.8. The predicted octanol–water partition coefficient (Wildman–Crippen LogP) is 5.42. The number of rotatable bonds is 4. The molecule has 2 aromatic carbocycles. The van der Waals surface area contributed by atoms with E-state index in [2.05, 4.69) is 9.97 Å². The monoisotopic (exact) mass is 405 g/mol. The minimum Gasteiger partial charge on any atom is -0.438 e. The van der Waals surface area contributed by atoms with Gasteiger partial charge in [-0.3, -0.25) is 4.79 Å². The summed E-state index contributed by atoms with van der Waals surface area (Å²) in [5.41, 5.74) is 2.58. The van der Waals surface area contributed by atoms with E-state index in [1.54, 1.807) is 17.0 Å². The fraction of sp³-hybridized carbons (Fsp3) is 0.136. The summed E-state index contributed by atoms with van der Waals surface area (Å²) in [6, 6.07) is 13.8. The quantitative estimate of drug-likeness (QED) is 0.455. The van der Waals surface area contributed by atoms with Crippen LogP contribution in [-0.2, 0) is 4.79 Å². The van der Waals surface area contributed by atoms with Crippen LogP contribution in [0.1, 0.15) is 12.8 Å². The summed E-state index contributed by atoms with van der Waals surface area (Å²) >= 11 is 1.48. The number of carbonyl (C=O) groups excluding carboxylic acids is 1. The minimum absolute atomic E-state index is 0.128. The first kappa shape index (κ1) is 17.8. The Balaban J connectivity index is 1.54. The van der Waals surface area contributed by atoms with Crippen molar-refractivity contribution in [1.29, 1.82) is 0 Å². The fourth-order valence-electron chi connectivity index (χ4n) is 3.51. The lowest BCUT2D eigenvalue weighted by atomic mass is 10.1. The number of ether oxygens (including phenoxy) is 1. The lowest BCUT2D eigenvalue weighted by molar-refractivity contribution is -0.117. The SMILES string of the molecule is O=C1CCCN1c1cccc(Oc2ncnc3scc(-c4ccc(F)cc4)c23)c1. The van der Waals surface area contributed by atoms with Crippen LogP contribution in [-0.4, -0.2) is 22.4 Å². The predicted molar refractivity (Wildman–Crippen MR) is 111 cm³/mol. The highest BCUT2D eigenvalue weighted by atomic mass is 32.1. The van der Waals surface area contributed by atoms with Crippen molar-refractivity contribution in [3.8, 4) is 22.8 Å². The van der Waals surface area contributed by atoms with E-state index < -0.39 is 0 Å². The topological polar surface area (TPSA) is 55.3 Å². The number of nitrogens with zero attached hydrogens (tertiary/aromatic N) is 3. The molecule has 5 rings (SSSR count). The van der Waals surface area contributed by atoms with E-state index in [4.69, 9.17) is 4.74 Å². The van der Waals surface area contributed by atoms with Crippen molar-refractivity contribution in [3.05, 3.63) is 66.1 Å². The van der Waals surface area contributed by atoms with Crippen molar-refractivity contribution in [2.75, 3.05) is 11.4 Å². The molecule has 0 atom stereocenters. The highest BCUT2D eigenvalue weighted by Crippen LogP contribution is 2.39. The maximum Gasteiger partial charge on any atom is 0.231 e. The molecule has 1 aliphatic heterocycles. The molecule has 3 heterocycles. The van der Waals surface area contributed by atoms with Crippen molar-refractivity contribution in [2.24, 2.45) is 0 Å². The number of hydrogen-bond acceptors (Lipinski definition) is 5. The third-order valence-electron chi connectivity index (χ3n) is 4.91. The number of amides is 1. The molecular formula is C22H16FN3O2S. The maximum absolute atomic E-state index is 13.3. The van der Waals surface area contributed by atoms with Gasteiger partial charge in [0.05, 0.1) is 5.39 Å². The van der Waals surface area contributed by atoms with Gasteiger partial charge in [0, 0.05) is 35.7 Å². The number of benzene rings is 2. The first-order valence-electron chi connectivity index (χ1n) is 9.25. The summed E-state index contributed by atoms with van der Waals surface area (Å²) in [6.45, 7) is 0.722. The van der Waals surface area contributed by atoms with Gasteiger partial charge >= 0.3 is 0 Å². The first-order valence-corrected chi connectivity index (χ1v) is 10.1. The molecule has 0 spiro atoms. The van der Waals surface area contributed by atoms with Crippen molar-refractivity contribution in [1.82, 2.24) is 9.97 Å².